The minimum absolute atomic E-state index is 0.225. The SMILES string of the molecule is COc1cc(OC)c(Cl)c(C#Cc2cc([N+](=O)[O-])nn2C)c1Cl. The Morgan fingerprint density at radius 3 is 2.17 bits per heavy atom. The Labute approximate surface area is 141 Å². The summed E-state index contributed by atoms with van der Waals surface area (Å²) in [4.78, 5) is 10.1. The van der Waals surface area contributed by atoms with Gasteiger partial charge in [0.2, 0.25) is 0 Å². The second-order valence-electron chi connectivity index (χ2n) is 4.30. The van der Waals surface area contributed by atoms with Crippen molar-refractivity contribution in [2.24, 2.45) is 7.05 Å². The number of rotatable bonds is 3. The lowest BCUT2D eigenvalue weighted by Gasteiger charge is -2.10. The summed E-state index contributed by atoms with van der Waals surface area (Å²) < 4.78 is 11.6. The van der Waals surface area contributed by atoms with Gasteiger partial charge in [0.05, 0.1) is 48.0 Å². The van der Waals surface area contributed by atoms with E-state index in [0.717, 1.165) is 0 Å². The maximum atomic E-state index is 10.7. The van der Waals surface area contributed by atoms with Crippen LogP contribution in [0.2, 0.25) is 10.0 Å². The fraction of sp³-hybridized carbons (Fsp3) is 0.214. The van der Waals surface area contributed by atoms with E-state index in [1.165, 1.54) is 25.0 Å². The van der Waals surface area contributed by atoms with Crippen LogP contribution in [0.15, 0.2) is 12.1 Å². The topological polar surface area (TPSA) is 79.4 Å². The molecule has 0 radical (unpaired) electrons. The summed E-state index contributed by atoms with van der Waals surface area (Å²) in [7, 11) is 4.46. The fourth-order valence-corrected chi connectivity index (χ4v) is 2.38. The molecule has 1 aromatic carbocycles. The number of aryl methyl sites for hydroxylation is 1. The maximum Gasteiger partial charge on any atom is 0.391 e. The first kappa shape index (κ1) is 16.9. The zero-order valence-corrected chi connectivity index (χ0v) is 13.9. The Bertz CT molecular complexity index is 809. The minimum atomic E-state index is -0.598. The first-order chi connectivity index (χ1) is 10.9. The summed E-state index contributed by atoms with van der Waals surface area (Å²) in [5.41, 5.74) is 0.638. The number of ether oxygens (including phenoxy) is 2. The highest BCUT2D eigenvalue weighted by Crippen LogP contribution is 2.39. The molecule has 7 nitrogen and oxygen atoms in total. The van der Waals surface area contributed by atoms with E-state index in [9.17, 15) is 10.1 Å². The highest BCUT2D eigenvalue weighted by molar-refractivity contribution is 6.38. The number of nitro groups is 1. The van der Waals surface area contributed by atoms with Crippen molar-refractivity contribution in [3.05, 3.63) is 43.5 Å². The zero-order chi connectivity index (χ0) is 17.1. The summed E-state index contributed by atoms with van der Waals surface area (Å²) in [5.74, 6) is 5.95. The molecule has 0 aliphatic rings. The van der Waals surface area contributed by atoms with Crippen molar-refractivity contribution in [3.63, 3.8) is 0 Å². The van der Waals surface area contributed by atoms with Crippen molar-refractivity contribution in [2.45, 2.75) is 0 Å². The van der Waals surface area contributed by atoms with Gasteiger partial charge in [-0.3, -0.25) is 0 Å². The predicted molar refractivity (Wildman–Crippen MR) is 85.4 cm³/mol. The molecule has 2 rings (SSSR count). The normalized spacial score (nSPS) is 9.96. The number of benzene rings is 1. The Kier molecular flexibility index (Phi) is 4.98. The van der Waals surface area contributed by atoms with Gasteiger partial charge in [-0.15, -0.1) is 0 Å². The molecule has 0 saturated heterocycles. The van der Waals surface area contributed by atoms with E-state index in [0.29, 0.717) is 22.8 Å². The molecule has 0 spiro atoms. The maximum absolute atomic E-state index is 10.7. The number of hydrogen-bond donors (Lipinski definition) is 0. The quantitative estimate of drug-likeness (QED) is 0.480. The van der Waals surface area contributed by atoms with Gasteiger partial charge in [0.25, 0.3) is 0 Å². The summed E-state index contributed by atoms with van der Waals surface area (Å²) in [6.45, 7) is 0. The van der Waals surface area contributed by atoms with Crippen LogP contribution in [0.1, 0.15) is 11.3 Å². The lowest BCUT2D eigenvalue weighted by Crippen LogP contribution is -1.96. The van der Waals surface area contributed by atoms with E-state index in [1.807, 2.05) is 0 Å². The molecule has 2 aromatic rings. The smallest absolute Gasteiger partial charge is 0.391 e. The molecule has 0 fully saturated rings. The first-order valence-electron chi connectivity index (χ1n) is 6.19. The van der Waals surface area contributed by atoms with Crippen molar-refractivity contribution in [3.8, 4) is 23.3 Å². The molecule has 9 heteroatoms. The van der Waals surface area contributed by atoms with Crippen molar-refractivity contribution in [1.29, 1.82) is 0 Å². The lowest BCUT2D eigenvalue weighted by atomic mass is 10.2. The van der Waals surface area contributed by atoms with Crippen LogP contribution < -0.4 is 9.47 Å². The van der Waals surface area contributed by atoms with Gasteiger partial charge in [-0.1, -0.05) is 29.1 Å². The van der Waals surface area contributed by atoms with E-state index < -0.39 is 4.92 Å². The molecule has 0 N–H and O–H groups in total. The minimum Gasteiger partial charge on any atom is -0.495 e. The zero-order valence-electron chi connectivity index (χ0n) is 12.4. The van der Waals surface area contributed by atoms with E-state index in [1.54, 1.807) is 13.1 Å². The Balaban J connectivity index is 2.55. The summed E-state index contributed by atoms with van der Waals surface area (Å²) in [6, 6.07) is 2.80. The van der Waals surface area contributed by atoms with Gasteiger partial charge in [-0.2, -0.15) is 4.68 Å². The van der Waals surface area contributed by atoms with E-state index >= 15 is 0 Å². The van der Waals surface area contributed by atoms with Gasteiger partial charge < -0.3 is 19.6 Å². The molecule has 0 unspecified atom stereocenters. The molecule has 0 amide bonds. The highest BCUT2D eigenvalue weighted by atomic mass is 35.5. The third kappa shape index (κ3) is 3.33. The third-order valence-electron chi connectivity index (χ3n) is 2.94. The first-order valence-corrected chi connectivity index (χ1v) is 6.95. The molecule has 120 valence electrons. The predicted octanol–water partition coefficient (Wildman–Crippen LogP) is 3.05. The van der Waals surface area contributed by atoms with E-state index in [2.05, 4.69) is 16.9 Å². The summed E-state index contributed by atoms with van der Waals surface area (Å²) >= 11 is 12.4. The molecule has 0 bridgehead atoms. The van der Waals surface area contributed by atoms with Gasteiger partial charge in [0, 0.05) is 6.07 Å². The second-order valence-corrected chi connectivity index (χ2v) is 5.06. The molecule has 23 heavy (non-hydrogen) atoms. The molecule has 0 atom stereocenters. The molecular weight excluding hydrogens is 345 g/mol. The van der Waals surface area contributed by atoms with Crippen molar-refractivity contribution in [2.75, 3.05) is 14.2 Å². The number of hydrogen-bond acceptors (Lipinski definition) is 5. The van der Waals surface area contributed by atoms with Gasteiger partial charge in [-0.05, 0) is 10.8 Å². The second kappa shape index (κ2) is 6.77. The third-order valence-corrected chi connectivity index (χ3v) is 3.69. The van der Waals surface area contributed by atoms with E-state index in [4.69, 9.17) is 32.7 Å². The molecular formula is C14H11Cl2N3O4. The summed E-state index contributed by atoms with van der Waals surface area (Å²) in [6.07, 6.45) is 0. The average Bonchev–Trinajstić information content (AvgIpc) is 2.89. The molecule has 0 saturated carbocycles. The van der Waals surface area contributed by atoms with E-state index in [-0.39, 0.29) is 15.9 Å². The molecule has 0 aliphatic carbocycles. The lowest BCUT2D eigenvalue weighted by molar-refractivity contribution is -0.389. The van der Waals surface area contributed by atoms with Crippen LogP contribution in [0, 0.1) is 22.0 Å². The number of methoxy groups -OCH3 is 2. The molecule has 1 heterocycles. The Hall–Kier alpha value is -2.43. The Morgan fingerprint density at radius 1 is 1.17 bits per heavy atom. The molecule has 0 aliphatic heterocycles. The number of halogens is 2. The van der Waals surface area contributed by atoms with Gasteiger partial charge in [0.1, 0.15) is 17.2 Å². The van der Waals surface area contributed by atoms with Crippen LogP contribution in [0.3, 0.4) is 0 Å². The Morgan fingerprint density at radius 2 is 1.74 bits per heavy atom. The number of aromatic nitrogens is 2. The van der Waals surface area contributed by atoms with Crippen molar-refractivity contribution in [1.82, 2.24) is 9.78 Å². The van der Waals surface area contributed by atoms with Crippen LogP contribution in [-0.2, 0) is 7.05 Å². The fourth-order valence-electron chi connectivity index (χ4n) is 1.78. The monoisotopic (exact) mass is 355 g/mol. The van der Waals surface area contributed by atoms with Gasteiger partial charge in [-0.25, -0.2) is 0 Å². The van der Waals surface area contributed by atoms with Crippen LogP contribution in [0.4, 0.5) is 5.82 Å². The van der Waals surface area contributed by atoms with Crippen LogP contribution in [0.5, 0.6) is 11.5 Å². The van der Waals surface area contributed by atoms with Gasteiger partial charge >= 0.3 is 5.82 Å². The number of nitrogens with zero attached hydrogens (tertiary/aromatic N) is 3. The largest absolute Gasteiger partial charge is 0.495 e. The standard InChI is InChI=1S/C14H11Cl2N3O4/c1-18-8(6-12(17-18)19(20)21)4-5-9-13(15)10(22-2)7-11(23-3)14(9)16/h6-7H,1-3H3. The highest BCUT2D eigenvalue weighted by Gasteiger charge is 2.17. The van der Waals surface area contributed by atoms with Gasteiger partial charge in [0.15, 0.2) is 0 Å². The van der Waals surface area contributed by atoms with Crippen molar-refractivity contribution >= 4 is 29.0 Å². The van der Waals surface area contributed by atoms with Crippen LogP contribution >= 0.6 is 23.2 Å². The van der Waals surface area contributed by atoms with Crippen LogP contribution in [0.25, 0.3) is 0 Å². The average molecular weight is 356 g/mol. The summed E-state index contributed by atoms with van der Waals surface area (Å²) in [5, 5.41) is 14.9. The van der Waals surface area contributed by atoms with Crippen LogP contribution in [-0.4, -0.2) is 28.9 Å². The van der Waals surface area contributed by atoms with Crippen molar-refractivity contribution < 1.29 is 14.4 Å². The molecule has 1 aromatic heterocycles.